The van der Waals surface area contributed by atoms with Crippen molar-refractivity contribution >= 4 is 23.3 Å². The van der Waals surface area contributed by atoms with E-state index in [0.717, 1.165) is 16.8 Å². The molecule has 2 heterocycles. The van der Waals surface area contributed by atoms with Gasteiger partial charge in [-0.25, -0.2) is 4.79 Å². The minimum absolute atomic E-state index is 0.0305. The van der Waals surface area contributed by atoms with Gasteiger partial charge in [0.25, 0.3) is 5.91 Å². The molecule has 0 N–H and O–H groups in total. The SMILES string of the molecule is CC(C)N1C(=O)/C(=C2\C=C(c3ccccc3)OC2=O)C=C1c1ccccc1. The molecule has 4 heteroatoms. The van der Waals surface area contributed by atoms with Crippen LogP contribution in [0.3, 0.4) is 0 Å². The molecule has 0 fully saturated rings. The fourth-order valence-corrected chi connectivity index (χ4v) is 3.35. The maximum atomic E-state index is 13.1. The van der Waals surface area contributed by atoms with Gasteiger partial charge in [0.2, 0.25) is 0 Å². The molecule has 0 bridgehead atoms. The zero-order chi connectivity index (χ0) is 19.0. The molecule has 0 saturated heterocycles. The van der Waals surface area contributed by atoms with Gasteiger partial charge in [0.05, 0.1) is 16.8 Å². The van der Waals surface area contributed by atoms with Gasteiger partial charge in [0.1, 0.15) is 5.76 Å². The molecule has 27 heavy (non-hydrogen) atoms. The van der Waals surface area contributed by atoms with Crippen LogP contribution in [0.15, 0.2) is 84.0 Å². The molecule has 2 aliphatic rings. The summed E-state index contributed by atoms with van der Waals surface area (Å²) in [6, 6.07) is 19.1. The summed E-state index contributed by atoms with van der Waals surface area (Å²) in [5.74, 6) is -0.207. The van der Waals surface area contributed by atoms with E-state index in [2.05, 4.69) is 0 Å². The predicted molar refractivity (Wildman–Crippen MR) is 104 cm³/mol. The number of benzene rings is 2. The number of cyclic esters (lactones) is 1. The third kappa shape index (κ3) is 2.99. The van der Waals surface area contributed by atoms with Gasteiger partial charge in [-0.1, -0.05) is 60.7 Å². The Morgan fingerprint density at radius 2 is 1.37 bits per heavy atom. The maximum Gasteiger partial charge on any atom is 0.344 e. The van der Waals surface area contributed by atoms with Crippen molar-refractivity contribution in [1.29, 1.82) is 0 Å². The number of amides is 1. The van der Waals surface area contributed by atoms with Crippen LogP contribution in [0, 0.1) is 0 Å². The van der Waals surface area contributed by atoms with Crippen LogP contribution >= 0.6 is 0 Å². The third-order valence-corrected chi connectivity index (χ3v) is 4.62. The molecule has 0 saturated carbocycles. The molecule has 0 radical (unpaired) electrons. The van der Waals surface area contributed by atoms with Crippen LogP contribution in [0.25, 0.3) is 11.5 Å². The summed E-state index contributed by atoms with van der Waals surface area (Å²) >= 11 is 0. The normalized spacial score (nSPS) is 19.4. The van der Waals surface area contributed by atoms with Crippen molar-refractivity contribution in [2.24, 2.45) is 0 Å². The predicted octanol–water partition coefficient (Wildman–Crippen LogP) is 4.17. The number of esters is 1. The summed E-state index contributed by atoms with van der Waals surface area (Å²) in [4.78, 5) is 27.3. The molecule has 0 aromatic heterocycles. The van der Waals surface area contributed by atoms with Crippen molar-refractivity contribution in [3.8, 4) is 0 Å². The maximum absolute atomic E-state index is 13.1. The Hall–Kier alpha value is -3.40. The molecule has 134 valence electrons. The minimum atomic E-state index is -0.494. The van der Waals surface area contributed by atoms with Crippen molar-refractivity contribution in [2.45, 2.75) is 19.9 Å². The van der Waals surface area contributed by atoms with E-state index in [9.17, 15) is 9.59 Å². The average Bonchev–Trinajstić information content (AvgIpc) is 3.23. The highest BCUT2D eigenvalue weighted by Gasteiger charge is 2.36. The van der Waals surface area contributed by atoms with E-state index in [1.54, 1.807) is 17.1 Å². The lowest BCUT2D eigenvalue weighted by atomic mass is 10.1. The largest absolute Gasteiger partial charge is 0.422 e. The van der Waals surface area contributed by atoms with Crippen molar-refractivity contribution in [3.05, 3.63) is 95.1 Å². The minimum Gasteiger partial charge on any atom is -0.422 e. The summed E-state index contributed by atoms with van der Waals surface area (Å²) in [7, 11) is 0. The van der Waals surface area contributed by atoms with Crippen LogP contribution in [-0.2, 0) is 14.3 Å². The van der Waals surface area contributed by atoms with Crippen LogP contribution in [0.2, 0.25) is 0 Å². The summed E-state index contributed by atoms with van der Waals surface area (Å²) in [5.41, 5.74) is 3.22. The zero-order valence-corrected chi connectivity index (χ0v) is 15.2. The van der Waals surface area contributed by atoms with E-state index >= 15 is 0 Å². The average molecular weight is 357 g/mol. The number of hydrogen-bond acceptors (Lipinski definition) is 3. The summed E-state index contributed by atoms with van der Waals surface area (Å²) in [6.07, 6.45) is 3.45. The summed E-state index contributed by atoms with van der Waals surface area (Å²) < 4.78 is 5.42. The van der Waals surface area contributed by atoms with Crippen molar-refractivity contribution in [3.63, 3.8) is 0 Å². The topological polar surface area (TPSA) is 46.6 Å². The van der Waals surface area contributed by atoms with Crippen LogP contribution in [0.4, 0.5) is 0 Å². The van der Waals surface area contributed by atoms with Crippen LogP contribution in [0.1, 0.15) is 25.0 Å². The molecular weight excluding hydrogens is 338 g/mol. The number of carbonyl (C=O) groups is 2. The standard InChI is InChI=1S/C23H19NO3/c1-15(2)24-20(16-9-5-3-6-10-16)13-18(22(24)25)19-14-21(27-23(19)26)17-11-7-4-8-12-17/h3-15H,1-2H3/b19-18+. The lowest BCUT2D eigenvalue weighted by Gasteiger charge is -2.24. The highest BCUT2D eigenvalue weighted by molar-refractivity contribution is 6.15. The number of rotatable bonds is 3. The van der Waals surface area contributed by atoms with E-state index in [1.807, 2.05) is 74.5 Å². The first-order chi connectivity index (χ1) is 13.1. The van der Waals surface area contributed by atoms with Gasteiger partial charge < -0.3 is 9.64 Å². The van der Waals surface area contributed by atoms with E-state index in [-0.39, 0.29) is 11.9 Å². The van der Waals surface area contributed by atoms with Gasteiger partial charge in [-0.3, -0.25) is 4.79 Å². The molecule has 0 atom stereocenters. The second-order valence-corrected chi connectivity index (χ2v) is 6.76. The molecule has 4 rings (SSSR count). The monoisotopic (exact) mass is 357 g/mol. The first-order valence-corrected chi connectivity index (χ1v) is 8.90. The first-order valence-electron chi connectivity index (χ1n) is 8.90. The molecular formula is C23H19NO3. The Morgan fingerprint density at radius 3 is 1.96 bits per heavy atom. The van der Waals surface area contributed by atoms with Crippen LogP contribution in [0.5, 0.6) is 0 Å². The fourth-order valence-electron chi connectivity index (χ4n) is 3.35. The lowest BCUT2D eigenvalue weighted by Crippen LogP contribution is -2.32. The second-order valence-electron chi connectivity index (χ2n) is 6.76. The Kier molecular flexibility index (Phi) is 4.24. The summed E-state index contributed by atoms with van der Waals surface area (Å²) in [5, 5.41) is 0. The number of carbonyl (C=O) groups excluding carboxylic acids is 2. The van der Waals surface area contributed by atoms with Gasteiger partial charge in [0.15, 0.2) is 0 Å². The zero-order valence-electron chi connectivity index (χ0n) is 15.2. The van der Waals surface area contributed by atoms with Crippen molar-refractivity contribution in [2.75, 3.05) is 0 Å². The molecule has 0 aliphatic carbocycles. The van der Waals surface area contributed by atoms with Gasteiger partial charge in [-0.15, -0.1) is 0 Å². The smallest absolute Gasteiger partial charge is 0.344 e. The molecule has 1 amide bonds. The molecule has 2 aliphatic heterocycles. The highest BCUT2D eigenvalue weighted by Crippen LogP contribution is 2.36. The first kappa shape index (κ1) is 17.0. The van der Waals surface area contributed by atoms with E-state index in [1.165, 1.54) is 0 Å². The Bertz CT molecular complexity index is 998. The second kappa shape index (κ2) is 6.72. The van der Waals surface area contributed by atoms with Gasteiger partial charge in [-0.2, -0.15) is 0 Å². The molecule has 2 aromatic rings. The summed E-state index contributed by atoms with van der Waals surface area (Å²) in [6.45, 7) is 3.92. The fraction of sp³-hybridized carbons (Fsp3) is 0.130. The Morgan fingerprint density at radius 1 is 0.778 bits per heavy atom. The Balaban J connectivity index is 1.83. The number of nitrogens with zero attached hydrogens (tertiary/aromatic N) is 1. The molecule has 0 unspecified atom stereocenters. The molecule has 4 nitrogen and oxygen atoms in total. The van der Waals surface area contributed by atoms with E-state index < -0.39 is 5.97 Å². The number of ether oxygens (including phenoxy) is 1. The molecule has 0 spiro atoms. The van der Waals surface area contributed by atoms with E-state index in [0.29, 0.717) is 16.9 Å². The van der Waals surface area contributed by atoms with Crippen LogP contribution < -0.4 is 0 Å². The third-order valence-electron chi connectivity index (χ3n) is 4.62. The number of hydrogen-bond donors (Lipinski definition) is 0. The molecule has 2 aromatic carbocycles. The Labute approximate surface area is 158 Å². The van der Waals surface area contributed by atoms with Crippen molar-refractivity contribution < 1.29 is 14.3 Å². The quantitative estimate of drug-likeness (QED) is 0.612. The van der Waals surface area contributed by atoms with E-state index in [4.69, 9.17) is 4.74 Å². The van der Waals surface area contributed by atoms with Crippen LogP contribution in [-0.4, -0.2) is 22.8 Å². The van der Waals surface area contributed by atoms with Gasteiger partial charge >= 0.3 is 5.97 Å². The van der Waals surface area contributed by atoms with Gasteiger partial charge in [0, 0.05) is 11.6 Å². The van der Waals surface area contributed by atoms with Gasteiger partial charge in [-0.05, 0) is 31.6 Å². The van der Waals surface area contributed by atoms with Crippen molar-refractivity contribution in [1.82, 2.24) is 4.90 Å². The lowest BCUT2D eigenvalue weighted by molar-refractivity contribution is -0.131. The highest BCUT2D eigenvalue weighted by atomic mass is 16.5.